The van der Waals surface area contributed by atoms with Crippen molar-refractivity contribution in [2.75, 3.05) is 18.9 Å². The van der Waals surface area contributed by atoms with Crippen molar-refractivity contribution in [3.05, 3.63) is 64.7 Å². The number of benzene rings is 2. The lowest BCUT2D eigenvalue weighted by Gasteiger charge is -2.17. The van der Waals surface area contributed by atoms with Gasteiger partial charge in [-0.25, -0.2) is 0 Å². The van der Waals surface area contributed by atoms with Crippen LogP contribution >= 0.6 is 0 Å². The van der Waals surface area contributed by atoms with E-state index in [2.05, 4.69) is 12.2 Å². The van der Waals surface area contributed by atoms with E-state index in [0.29, 0.717) is 17.7 Å². The predicted molar refractivity (Wildman–Crippen MR) is 102 cm³/mol. The summed E-state index contributed by atoms with van der Waals surface area (Å²) in [4.78, 5) is 26.8. The summed E-state index contributed by atoms with van der Waals surface area (Å²) in [6.45, 7) is 6.74. The minimum atomic E-state index is -0.205. The molecule has 2 rings (SSSR count). The molecule has 0 heterocycles. The summed E-state index contributed by atoms with van der Waals surface area (Å²) in [5.41, 5.74) is 3.87. The molecule has 2 aromatic carbocycles. The van der Waals surface area contributed by atoms with Gasteiger partial charge in [-0.3, -0.25) is 9.59 Å². The normalized spacial score (nSPS) is 10.4. The average Bonchev–Trinajstić information content (AvgIpc) is 2.62. The molecule has 0 atom stereocenters. The van der Waals surface area contributed by atoms with E-state index in [1.54, 1.807) is 36.2 Å². The zero-order valence-corrected chi connectivity index (χ0v) is 15.4. The van der Waals surface area contributed by atoms with Gasteiger partial charge in [-0.2, -0.15) is 0 Å². The topological polar surface area (TPSA) is 49.4 Å². The Morgan fingerprint density at radius 1 is 1.00 bits per heavy atom. The van der Waals surface area contributed by atoms with E-state index in [1.165, 1.54) is 0 Å². The van der Waals surface area contributed by atoms with Crippen molar-refractivity contribution in [2.45, 2.75) is 33.6 Å². The summed E-state index contributed by atoms with van der Waals surface area (Å²) in [6.07, 6.45) is 2.00. The van der Waals surface area contributed by atoms with Crippen molar-refractivity contribution in [1.82, 2.24) is 4.90 Å². The van der Waals surface area contributed by atoms with Gasteiger partial charge in [0.05, 0.1) is 0 Å². The molecule has 0 aliphatic rings. The Kier molecular flexibility index (Phi) is 6.34. The Hall–Kier alpha value is -2.62. The fourth-order valence-corrected chi connectivity index (χ4v) is 2.71. The maximum atomic E-state index is 12.6. The third-order valence-electron chi connectivity index (χ3n) is 4.29. The van der Waals surface area contributed by atoms with Gasteiger partial charge in [-0.05, 0) is 49.6 Å². The Balaban J connectivity index is 2.18. The third-order valence-corrected chi connectivity index (χ3v) is 4.29. The molecule has 0 saturated carbocycles. The quantitative estimate of drug-likeness (QED) is 0.847. The van der Waals surface area contributed by atoms with Crippen LogP contribution in [-0.4, -0.2) is 30.3 Å². The lowest BCUT2D eigenvalue weighted by molar-refractivity contribution is 0.0793. The number of hydrogen-bond donors (Lipinski definition) is 1. The van der Waals surface area contributed by atoms with E-state index < -0.39 is 0 Å². The summed E-state index contributed by atoms with van der Waals surface area (Å²) in [5, 5.41) is 2.96. The van der Waals surface area contributed by atoms with Crippen molar-refractivity contribution < 1.29 is 9.59 Å². The summed E-state index contributed by atoms with van der Waals surface area (Å²) in [6, 6.07) is 12.8. The molecule has 1 N–H and O–H groups in total. The van der Waals surface area contributed by atoms with Gasteiger partial charge in [0.1, 0.15) is 0 Å². The predicted octanol–water partition coefficient (Wildman–Crippen LogP) is 4.43. The highest BCUT2D eigenvalue weighted by molar-refractivity contribution is 6.06. The smallest absolute Gasteiger partial charge is 0.255 e. The number of nitrogens with zero attached hydrogens (tertiary/aromatic N) is 1. The molecule has 25 heavy (non-hydrogen) atoms. The van der Waals surface area contributed by atoms with Crippen molar-refractivity contribution in [3.8, 4) is 0 Å². The molecule has 0 unspecified atom stereocenters. The molecule has 0 fully saturated rings. The van der Waals surface area contributed by atoms with Gasteiger partial charge in [-0.1, -0.05) is 37.6 Å². The maximum absolute atomic E-state index is 12.6. The van der Waals surface area contributed by atoms with Crippen molar-refractivity contribution in [2.24, 2.45) is 0 Å². The van der Waals surface area contributed by atoms with Crippen molar-refractivity contribution >= 4 is 17.5 Å². The second-order valence-corrected chi connectivity index (χ2v) is 6.38. The van der Waals surface area contributed by atoms with E-state index >= 15 is 0 Å². The van der Waals surface area contributed by atoms with Crippen molar-refractivity contribution in [1.29, 1.82) is 0 Å². The lowest BCUT2D eigenvalue weighted by atomic mass is 10.1. The fraction of sp³-hybridized carbons (Fsp3) is 0.333. The zero-order chi connectivity index (χ0) is 18.4. The van der Waals surface area contributed by atoms with E-state index in [9.17, 15) is 9.59 Å². The Labute approximate surface area is 149 Å². The Morgan fingerprint density at radius 3 is 2.24 bits per heavy atom. The van der Waals surface area contributed by atoms with Crippen LogP contribution in [0.4, 0.5) is 5.69 Å². The van der Waals surface area contributed by atoms with Gasteiger partial charge in [0.2, 0.25) is 0 Å². The van der Waals surface area contributed by atoms with Gasteiger partial charge in [0.15, 0.2) is 0 Å². The minimum absolute atomic E-state index is 0.0600. The summed E-state index contributed by atoms with van der Waals surface area (Å²) < 4.78 is 0. The SMILES string of the molecule is CCCCN(C)C(=O)c1cccc(C(=O)Nc2c(C)cccc2C)c1. The molecule has 0 aromatic heterocycles. The average molecular weight is 338 g/mol. The van der Waals surface area contributed by atoms with Crippen LogP contribution in [-0.2, 0) is 0 Å². The molecule has 0 bridgehead atoms. The highest BCUT2D eigenvalue weighted by atomic mass is 16.2. The first-order chi connectivity index (χ1) is 11.9. The highest BCUT2D eigenvalue weighted by Gasteiger charge is 2.15. The zero-order valence-electron chi connectivity index (χ0n) is 15.4. The Morgan fingerprint density at radius 2 is 1.60 bits per heavy atom. The molecule has 2 aromatic rings. The first-order valence-corrected chi connectivity index (χ1v) is 8.67. The van der Waals surface area contributed by atoms with Gasteiger partial charge in [0.25, 0.3) is 11.8 Å². The Bertz CT molecular complexity index is 748. The number of anilines is 1. The molecule has 2 amide bonds. The number of rotatable bonds is 6. The number of carbonyl (C=O) groups excluding carboxylic acids is 2. The lowest BCUT2D eigenvalue weighted by Crippen LogP contribution is -2.28. The summed E-state index contributed by atoms with van der Waals surface area (Å²) in [5.74, 6) is -0.265. The number of aryl methyl sites for hydroxylation is 2. The molecule has 0 aliphatic carbocycles. The molecule has 0 saturated heterocycles. The van der Waals surface area contributed by atoms with Gasteiger partial charge in [0, 0.05) is 30.4 Å². The number of para-hydroxylation sites is 1. The van der Waals surface area contributed by atoms with Crippen LogP contribution in [0.15, 0.2) is 42.5 Å². The van der Waals surface area contributed by atoms with Crippen LogP contribution in [0, 0.1) is 13.8 Å². The van der Waals surface area contributed by atoms with Crippen LogP contribution in [0.25, 0.3) is 0 Å². The largest absolute Gasteiger partial charge is 0.342 e. The number of nitrogens with one attached hydrogen (secondary N) is 1. The van der Waals surface area contributed by atoms with Crippen LogP contribution in [0.3, 0.4) is 0 Å². The van der Waals surface area contributed by atoms with E-state index in [1.807, 2.05) is 32.0 Å². The second kappa shape index (κ2) is 8.47. The number of amides is 2. The van der Waals surface area contributed by atoms with Crippen LogP contribution in [0.2, 0.25) is 0 Å². The molecule has 0 aliphatic heterocycles. The molecule has 4 nitrogen and oxygen atoms in total. The summed E-state index contributed by atoms with van der Waals surface area (Å²) >= 11 is 0. The highest BCUT2D eigenvalue weighted by Crippen LogP contribution is 2.20. The first-order valence-electron chi connectivity index (χ1n) is 8.67. The van der Waals surface area contributed by atoms with Gasteiger partial charge < -0.3 is 10.2 Å². The van der Waals surface area contributed by atoms with Crippen LogP contribution in [0.1, 0.15) is 51.6 Å². The standard InChI is InChI=1S/C21H26N2O2/c1-5-6-13-23(4)21(25)18-12-8-11-17(14-18)20(24)22-19-15(2)9-7-10-16(19)3/h7-12,14H,5-6,13H2,1-4H3,(H,22,24). The monoisotopic (exact) mass is 338 g/mol. The van der Waals surface area contributed by atoms with Crippen LogP contribution < -0.4 is 5.32 Å². The first kappa shape index (κ1) is 18.7. The number of unbranched alkanes of at least 4 members (excludes halogenated alkanes) is 1. The third kappa shape index (κ3) is 4.69. The summed E-state index contributed by atoms with van der Waals surface area (Å²) in [7, 11) is 1.79. The minimum Gasteiger partial charge on any atom is -0.342 e. The van der Waals surface area contributed by atoms with Gasteiger partial charge in [-0.15, -0.1) is 0 Å². The second-order valence-electron chi connectivity index (χ2n) is 6.38. The van der Waals surface area contributed by atoms with E-state index in [4.69, 9.17) is 0 Å². The molecule has 0 radical (unpaired) electrons. The molecular formula is C21H26N2O2. The molecule has 4 heteroatoms. The van der Waals surface area contributed by atoms with Crippen LogP contribution in [0.5, 0.6) is 0 Å². The molecular weight excluding hydrogens is 312 g/mol. The van der Waals surface area contributed by atoms with Gasteiger partial charge >= 0.3 is 0 Å². The maximum Gasteiger partial charge on any atom is 0.255 e. The molecule has 0 spiro atoms. The number of carbonyl (C=O) groups is 2. The van der Waals surface area contributed by atoms with E-state index in [0.717, 1.165) is 29.7 Å². The fourth-order valence-electron chi connectivity index (χ4n) is 2.71. The molecule has 132 valence electrons. The van der Waals surface area contributed by atoms with Crippen molar-refractivity contribution in [3.63, 3.8) is 0 Å². The number of hydrogen-bond acceptors (Lipinski definition) is 2. The van der Waals surface area contributed by atoms with E-state index in [-0.39, 0.29) is 11.8 Å².